The predicted octanol–water partition coefficient (Wildman–Crippen LogP) is 16.9. The van der Waals surface area contributed by atoms with E-state index >= 15 is 0 Å². The Hall–Kier alpha value is -8.64. The number of nitrogens with one attached hydrogen (secondary N) is 1. The van der Waals surface area contributed by atoms with Crippen molar-refractivity contribution in [1.82, 2.24) is 19.7 Å². The summed E-state index contributed by atoms with van der Waals surface area (Å²) in [6.45, 7) is 11.8. The van der Waals surface area contributed by atoms with Crippen molar-refractivity contribution in [2.24, 2.45) is 4.99 Å². The van der Waals surface area contributed by atoms with Crippen molar-refractivity contribution < 1.29 is 53.4 Å². The smallest absolute Gasteiger partial charge is 0.116 e. The summed E-state index contributed by atoms with van der Waals surface area (Å²) in [6.07, 6.45) is 16.8. The van der Waals surface area contributed by atoms with Crippen LogP contribution in [0.2, 0.25) is 0 Å². The molecule has 1 N–H and O–H groups in total. The molecule has 426 valence electrons. The molecule has 5 heterocycles. The number of hydrogen-bond acceptors (Lipinski definition) is 9. The molecule has 2 radical (unpaired) electrons. The molecule has 2 aromatic heterocycles. The van der Waals surface area contributed by atoms with Crippen molar-refractivity contribution in [1.29, 1.82) is 0 Å². The Morgan fingerprint density at radius 2 is 1.18 bits per heavy atom. The van der Waals surface area contributed by atoms with Gasteiger partial charge in [0.2, 0.25) is 0 Å². The minimum atomic E-state index is -0.654. The summed E-state index contributed by atoms with van der Waals surface area (Å²) in [7, 11) is 2.00. The molecular formula is C69H59F2Ir2N9O-8. The number of aliphatic imine (C=N–C) groups is 1. The topological polar surface area (TPSA) is 81.6 Å². The molecule has 10 aromatic rings. The van der Waals surface area contributed by atoms with Gasteiger partial charge in [-0.2, -0.15) is 105 Å². The van der Waals surface area contributed by atoms with E-state index < -0.39 is 11.6 Å². The fourth-order valence-electron chi connectivity index (χ4n) is 8.70. The number of fused-ring (bicyclic) bond motifs is 4. The number of benzene rings is 8. The first kappa shape index (κ1) is 62.0. The molecule has 0 amide bonds. The standard InChI is InChI=1S/C21H20N4.C16H12N2O.C15H8F2N.C11H13N2.C6H6.2Ir/c1-3-8-20(9-4-1)24-16-14-22(18-24)12-7-13-23-15-17-25(19-23)21-10-5-2-6-11-21;1-17-9-10-18(11-17)14-7-4-6-13-12-5-2-3-8-15(12)19-16(13)14;16-11-5-6-13(14(17)9-11)15-12-4-2-1-3-10(12)7-8-18-15;1-9(12)8-10(2)13-11-6-4-3-5-7-11;1-2-4-6-5-3-1;;/h1-6,8,10,14-19H,7,12-13H2;2-6,8-11H,1H3;1-5,7-9H;3-8,12H,1-2H3;1-6H;;/q-4;-2;2*-1;;;. The van der Waals surface area contributed by atoms with Crippen LogP contribution in [-0.2, 0) is 40.2 Å². The molecule has 83 heavy (non-hydrogen) atoms. The van der Waals surface area contributed by atoms with Crippen LogP contribution >= 0.6 is 0 Å². The number of aromatic nitrogens is 1. The van der Waals surface area contributed by atoms with Gasteiger partial charge in [0.25, 0.3) is 0 Å². The van der Waals surface area contributed by atoms with Crippen LogP contribution in [0.25, 0.3) is 49.7 Å². The van der Waals surface area contributed by atoms with E-state index in [9.17, 15) is 8.78 Å². The molecule has 0 bridgehead atoms. The Balaban J connectivity index is 0.000000156. The fourth-order valence-corrected chi connectivity index (χ4v) is 8.70. The second kappa shape index (κ2) is 31.5. The second-order valence-electron chi connectivity index (χ2n) is 18.6. The van der Waals surface area contributed by atoms with Crippen LogP contribution in [0.15, 0.2) is 259 Å². The van der Waals surface area contributed by atoms with E-state index in [0.29, 0.717) is 11.4 Å². The number of anilines is 3. The normalized spacial score (nSPS) is 13.3. The summed E-state index contributed by atoms with van der Waals surface area (Å²) in [5, 5.41) is 4.05. The van der Waals surface area contributed by atoms with Gasteiger partial charge in [0.1, 0.15) is 5.58 Å². The second-order valence-corrected chi connectivity index (χ2v) is 18.6. The molecule has 3 aliphatic rings. The zero-order valence-electron chi connectivity index (χ0n) is 45.9. The third-order valence-electron chi connectivity index (χ3n) is 12.4. The molecule has 8 aromatic carbocycles. The van der Waals surface area contributed by atoms with Crippen molar-refractivity contribution in [2.75, 3.05) is 34.8 Å². The van der Waals surface area contributed by atoms with E-state index in [1.165, 1.54) is 0 Å². The molecule has 10 nitrogen and oxygen atoms in total. The van der Waals surface area contributed by atoms with E-state index in [1.54, 1.807) is 19.2 Å². The molecule has 0 atom stereocenters. The Kier molecular flexibility index (Phi) is 23.5. The third kappa shape index (κ3) is 17.7. The van der Waals surface area contributed by atoms with Crippen molar-refractivity contribution in [3.8, 4) is 11.3 Å². The molecule has 0 aliphatic carbocycles. The van der Waals surface area contributed by atoms with Gasteiger partial charge in [-0.1, -0.05) is 133 Å². The first-order valence-electron chi connectivity index (χ1n) is 26.3. The van der Waals surface area contributed by atoms with E-state index in [-0.39, 0.29) is 45.8 Å². The summed E-state index contributed by atoms with van der Waals surface area (Å²) in [4.78, 5) is 21.1. The van der Waals surface area contributed by atoms with Crippen LogP contribution in [0.1, 0.15) is 20.3 Å². The van der Waals surface area contributed by atoms with Gasteiger partial charge < -0.3 is 44.5 Å². The summed E-state index contributed by atoms with van der Waals surface area (Å²) >= 11 is 0. The van der Waals surface area contributed by atoms with Crippen molar-refractivity contribution in [3.05, 3.63) is 311 Å². The summed E-state index contributed by atoms with van der Waals surface area (Å²) in [5.41, 5.74) is 15.1. The molecule has 13 rings (SSSR count). The van der Waals surface area contributed by atoms with E-state index in [1.807, 2.05) is 207 Å². The van der Waals surface area contributed by atoms with Gasteiger partial charge in [0, 0.05) is 74.7 Å². The predicted molar refractivity (Wildman–Crippen MR) is 326 cm³/mol. The van der Waals surface area contributed by atoms with Gasteiger partial charge in [-0.25, -0.2) is 0 Å². The van der Waals surface area contributed by atoms with Crippen molar-refractivity contribution >= 4 is 61.2 Å². The summed E-state index contributed by atoms with van der Waals surface area (Å²) in [5.74, 6) is -1.30. The maximum Gasteiger partial charge on any atom is 0.116 e. The maximum absolute atomic E-state index is 13.8. The maximum atomic E-state index is 13.8. The number of hydrogen-bond donors (Lipinski definition) is 0. The average molecular weight is 1450 g/mol. The Morgan fingerprint density at radius 3 is 1.77 bits per heavy atom. The number of nitrogens with zero attached hydrogens (tertiary/aromatic N) is 8. The van der Waals surface area contributed by atoms with Crippen LogP contribution in [-0.4, -0.2) is 45.5 Å². The molecule has 14 heteroatoms. The first-order valence-corrected chi connectivity index (χ1v) is 26.3. The van der Waals surface area contributed by atoms with Crippen molar-refractivity contribution in [2.45, 2.75) is 20.3 Å². The van der Waals surface area contributed by atoms with Crippen molar-refractivity contribution in [3.63, 3.8) is 0 Å². The van der Waals surface area contributed by atoms with Crippen LogP contribution in [0.5, 0.6) is 0 Å². The summed E-state index contributed by atoms with van der Waals surface area (Å²) in [6, 6.07) is 73.5. The fraction of sp³-hybridized carbons (Fsp3) is 0.0870. The van der Waals surface area contributed by atoms with Crippen LogP contribution in [0.3, 0.4) is 0 Å². The van der Waals surface area contributed by atoms with Gasteiger partial charge in [-0.3, -0.25) is 13.8 Å². The molecule has 0 spiro atoms. The molecular weight excluding hydrogens is 1390 g/mol. The minimum absolute atomic E-state index is 0. The quantitative estimate of drug-likeness (QED) is 0.0990. The number of furan rings is 1. The Labute approximate surface area is 513 Å². The van der Waals surface area contributed by atoms with E-state index in [0.717, 1.165) is 92.8 Å². The third-order valence-corrected chi connectivity index (χ3v) is 12.4. The van der Waals surface area contributed by atoms with Crippen LogP contribution < -0.4 is 14.7 Å². The molecule has 0 fully saturated rings. The first-order chi connectivity index (χ1) is 39.6. The minimum Gasteiger partial charge on any atom is -0.702 e. The molecule has 0 unspecified atom stereocenters. The van der Waals surface area contributed by atoms with Gasteiger partial charge in [0.15, 0.2) is 0 Å². The largest absolute Gasteiger partial charge is 0.702 e. The monoisotopic (exact) mass is 1450 g/mol. The number of pyridine rings is 1. The van der Waals surface area contributed by atoms with Crippen LogP contribution in [0.4, 0.5) is 31.5 Å². The SMILES string of the molecule is CC([NH-])=CC(C)=Nc1ccccc1.CN1C=CN(c2[c-]ccc3c2oc2ccccc23)[CH-]1.Fc1c[c-]c(-c2nccc3ccccc23)c(F)c1.[Ir].[Ir].[c-]1ccccc1N1C=CN(CCCN2C=CN(c3[c-]cccc3)[CH-]2)[CH-]1.c1ccccc1. The van der Waals surface area contributed by atoms with Crippen LogP contribution in [0, 0.1) is 55.9 Å². The Bertz CT molecular complexity index is 3650. The Morgan fingerprint density at radius 1 is 0.602 bits per heavy atom. The molecule has 0 saturated carbocycles. The summed E-state index contributed by atoms with van der Waals surface area (Å²) < 4.78 is 32.6. The number of para-hydroxylation sites is 4. The average Bonchev–Trinajstić information content (AvgIpc) is 4.44. The van der Waals surface area contributed by atoms with Gasteiger partial charge in [-0.15, -0.1) is 23.5 Å². The zero-order valence-corrected chi connectivity index (χ0v) is 50.6. The number of allylic oxidation sites excluding steroid dienone is 2. The van der Waals surface area contributed by atoms with E-state index in [2.05, 4.69) is 110 Å². The van der Waals surface area contributed by atoms with E-state index in [4.69, 9.17) is 10.2 Å². The molecule has 0 saturated heterocycles. The zero-order chi connectivity index (χ0) is 56.2. The van der Waals surface area contributed by atoms with Gasteiger partial charge in [0.05, 0.1) is 5.69 Å². The number of halogens is 2. The van der Waals surface area contributed by atoms with Gasteiger partial charge in [-0.05, 0) is 111 Å². The number of rotatable bonds is 10. The van der Waals surface area contributed by atoms with Gasteiger partial charge >= 0.3 is 0 Å². The molecule has 3 aliphatic heterocycles.